The van der Waals surface area contributed by atoms with E-state index in [1.807, 2.05) is 0 Å². The second kappa shape index (κ2) is 5.87. The molecule has 2 heterocycles. The molecule has 0 saturated heterocycles. The Morgan fingerprint density at radius 3 is 2.94 bits per heavy atom. The number of halogens is 2. The highest BCUT2D eigenvalue weighted by atomic mass is 35.5. The molecule has 0 fully saturated rings. The highest BCUT2D eigenvalue weighted by molar-refractivity contribution is 7.20. The van der Waals surface area contributed by atoms with Gasteiger partial charge in [0.1, 0.15) is 4.34 Å². The van der Waals surface area contributed by atoms with Gasteiger partial charge in [0.15, 0.2) is 5.76 Å². The summed E-state index contributed by atoms with van der Waals surface area (Å²) in [7, 11) is 0. The van der Waals surface area contributed by atoms with Gasteiger partial charge >= 0.3 is 0 Å². The van der Waals surface area contributed by atoms with E-state index in [0.29, 0.717) is 26.9 Å². The molecule has 0 radical (unpaired) electrons. The Kier molecular flexibility index (Phi) is 4.45. The average molecular weight is 291 g/mol. The zero-order valence-electron chi connectivity index (χ0n) is 9.30. The third kappa shape index (κ3) is 3.22. The maximum Gasteiger partial charge on any atom is 0.208 e. The number of nitrogens with one attached hydrogen (secondary N) is 1. The normalized spacial score (nSPS) is 11.0. The standard InChI is InChI=1S/C11H12Cl2N2OS/c1-2-3-14-6-10-15-5-8(16-10)7-4-9(12)17-11(7)13/h4-5,14H,2-3,6H2,1H3. The molecule has 0 aromatic carbocycles. The van der Waals surface area contributed by atoms with Gasteiger partial charge in [-0.1, -0.05) is 30.1 Å². The van der Waals surface area contributed by atoms with Crippen molar-refractivity contribution in [1.82, 2.24) is 10.3 Å². The highest BCUT2D eigenvalue weighted by Crippen LogP contribution is 2.38. The lowest BCUT2D eigenvalue weighted by Gasteiger charge is -1.97. The Balaban J connectivity index is 2.10. The number of nitrogens with zero attached hydrogens (tertiary/aromatic N) is 1. The Labute approximate surface area is 114 Å². The molecule has 0 spiro atoms. The van der Waals surface area contributed by atoms with Crippen LogP contribution in [-0.4, -0.2) is 11.5 Å². The zero-order chi connectivity index (χ0) is 12.3. The van der Waals surface area contributed by atoms with Gasteiger partial charge in [0.25, 0.3) is 0 Å². The summed E-state index contributed by atoms with van der Waals surface area (Å²) in [6, 6.07) is 1.79. The first kappa shape index (κ1) is 12.9. The van der Waals surface area contributed by atoms with Crippen molar-refractivity contribution >= 4 is 34.5 Å². The van der Waals surface area contributed by atoms with E-state index in [-0.39, 0.29) is 0 Å². The number of hydrogen-bond acceptors (Lipinski definition) is 4. The number of hydrogen-bond donors (Lipinski definition) is 1. The lowest BCUT2D eigenvalue weighted by Crippen LogP contribution is -2.13. The molecule has 2 aromatic heterocycles. The maximum atomic E-state index is 6.05. The van der Waals surface area contributed by atoms with Crippen LogP contribution < -0.4 is 5.32 Å². The first-order chi connectivity index (χ1) is 8.20. The van der Waals surface area contributed by atoms with Crippen LogP contribution in [0, 0.1) is 0 Å². The van der Waals surface area contributed by atoms with Crippen molar-refractivity contribution in [2.45, 2.75) is 19.9 Å². The summed E-state index contributed by atoms with van der Waals surface area (Å²) in [5.74, 6) is 1.32. The Bertz CT molecular complexity index is 495. The van der Waals surface area contributed by atoms with Crippen molar-refractivity contribution in [3.05, 3.63) is 26.8 Å². The summed E-state index contributed by atoms with van der Waals surface area (Å²) in [4.78, 5) is 4.19. The van der Waals surface area contributed by atoms with Gasteiger partial charge in [-0.2, -0.15) is 0 Å². The fraction of sp³-hybridized carbons (Fsp3) is 0.364. The molecule has 6 heteroatoms. The topological polar surface area (TPSA) is 38.1 Å². The molecule has 0 amide bonds. The quantitative estimate of drug-likeness (QED) is 0.839. The predicted octanol–water partition coefficient (Wildman–Crippen LogP) is 4.21. The van der Waals surface area contributed by atoms with E-state index >= 15 is 0 Å². The van der Waals surface area contributed by atoms with Gasteiger partial charge < -0.3 is 9.73 Å². The number of aromatic nitrogens is 1. The number of rotatable bonds is 5. The van der Waals surface area contributed by atoms with Crippen LogP contribution in [0.5, 0.6) is 0 Å². The molecule has 0 aliphatic carbocycles. The van der Waals surface area contributed by atoms with Crippen LogP contribution in [-0.2, 0) is 6.54 Å². The van der Waals surface area contributed by atoms with Gasteiger partial charge in [0.2, 0.25) is 5.89 Å². The minimum atomic E-state index is 0.624. The van der Waals surface area contributed by atoms with Gasteiger partial charge in [-0.05, 0) is 19.0 Å². The van der Waals surface area contributed by atoms with Gasteiger partial charge in [0.05, 0.1) is 17.1 Å². The summed E-state index contributed by atoms with van der Waals surface area (Å²) in [6.45, 7) is 3.69. The van der Waals surface area contributed by atoms with E-state index in [4.69, 9.17) is 27.6 Å². The van der Waals surface area contributed by atoms with Gasteiger partial charge in [-0.3, -0.25) is 0 Å². The smallest absolute Gasteiger partial charge is 0.208 e. The van der Waals surface area contributed by atoms with Gasteiger partial charge in [-0.25, -0.2) is 4.98 Å². The van der Waals surface area contributed by atoms with E-state index in [1.165, 1.54) is 11.3 Å². The van der Waals surface area contributed by atoms with E-state index in [2.05, 4.69) is 17.2 Å². The number of thiophene rings is 1. The molecule has 2 aromatic rings. The third-order valence-electron chi connectivity index (χ3n) is 2.18. The Morgan fingerprint density at radius 1 is 1.47 bits per heavy atom. The third-order valence-corrected chi connectivity index (χ3v) is 3.67. The summed E-state index contributed by atoms with van der Waals surface area (Å²) >= 11 is 13.3. The molecule has 17 heavy (non-hydrogen) atoms. The molecule has 0 aliphatic rings. The minimum absolute atomic E-state index is 0.624. The lowest BCUT2D eigenvalue weighted by molar-refractivity contribution is 0.478. The first-order valence-electron chi connectivity index (χ1n) is 5.31. The zero-order valence-corrected chi connectivity index (χ0v) is 11.6. The molecule has 1 N–H and O–H groups in total. The van der Waals surface area contributed by atoms with Gasteiger partial charge in [0, 0.05) is 5.56 Å². The fourth-order valence-electron chi connectivity index (χ4n) is 1.40. The van der Waals surface area contributed by atoms with Crippen LogP contribution in [0.2, 0.25) is 8.67 Å². The van der Waals surface area contributed by atoms with Gasteiger partial charge in [-0.15, -0.1) is 11.3 Å². The molecular weight excluding hydrogens is 279 g/mol. The van der Waals surface area contributed by atoms with Crippen molar-refractivity contribution in [2.24, 2.45) is 0 Å². The molecule has 92 valence electrons. The molecule has 0 saturated carbocycles. The maximum absolute atomic E-state index is 6.05. The monoisotopic (exact) mass is 290 g/mol. The van der Waals surface area contributed by atoms with Crippen LogP contribution in [0.15, 0.2) is 16.7 Å². The van der Waals surface area contributed by atoms with Crippen molar-refractivity contribution < 1.29 is 4.42 Å². The number of oxazole rings is 1. The molecular formula is C11H12Cl2N2OS. The molecule has 2 rings (SSSR count). The molecule has 0 unspecified atom stereocenters. The molecule has 0 aliphatic heterocycles. The van der Waals surface area contributed by atoms with Crippen molar-refractivity contribution in [3.63, 3.8) is 0 Å². The van der Waals surface area contributed by atoms with Crippen molar-refractivity contribution in [1.29, 1.82) is 0 Å². The SMILES string of the molecule is CCCNCc1ncc(-c2cc(Cl)sc2Cl)o1. The van der Waals surface area contributed by atoms with Crippen LogP contribution in [0.1, 0.15) is 19.2 Å². The first-order valence-corrected chi connectivity index (χ1v) is 6.88. The van der Waals surface area contributed by atoms with Crippen LogP contribution in [0.4, 0.5) is 0 Å². The van der Waals surface area contributed by atoms with E-state index < -0.39 is 0 Å². The van der Waals surface area contributed by atoms with E-state index in [0.717, 1.165) is 18.5 Å². The highest BCUT2D eigenvalue weighted by Gasteiger charge is 2.13. The summed E-state index contributed by atoms with van der Waals surface area (Å²) in [5.41, 5.74) is 0.802. The second-order valence-electron chi connectivity index (χ2n) is 3.53. The predicted molar refractivity (Wildman–Crippen MR) is 71.8 cm³/mol. The molecule has 0 bridgehead atoms. The fourth-order valence-corrected chi connectivity index (χ4v) is 2.87. The lowest BCUT2D eigenvalue weighted by atomic mass is 10.3. The average Bonchev–Trinajstić information content (AvgIpc) is 2.86. The summed E-state index contributed by atoms with van der Waals surface area (Å²) in [6.07, 6.45) is 2.76. The van der Waals surface area contributed by atoms with E-state index in [9.17, 15) is 0 Å². The van der Waals surface area contributed by atoms with Crippen molar-refractivity contribution in [3.8, 4) is 11.3 Å². The minimum Gasteiger partial charge on any atom is -0.439 e. The van der Waals surface area contributed by atoms with Crippen molar-refractivity contribution in [2.75, 3.05) is 6.54 Å². The molecule has 3 nitrogen and oxygen atoms in total. The van der Waals surface area contributed by atoms with Crippen LogP contribution in [0.3, 0.4) is 0 Å². The Hall–Kier alpha value is -0.550. The molecule has 0 atom stereocenters. The largest absolute Gasteiger partial charge is 0.439 e. The van der Waals surface area contributed by atoms with Crippen LogP contribution >= 0.6 is 34.5 Å². The van der Waals surface area contributed by atoms with E-state index in [1.54, 1.807) is 12.3 Å². The van der Waals surface area contributed by atoms with Crippen LogP contribution in [0.25, 0.3) is 11.3 Å². The summed E-state index contributed by atoms with van der Waals surface area (Å²) < 4.78 is 6.87. The Morgan fingerprint density at radius 2 is 2.29 bits per heavy atom. The summed E-state index contributed by atoms with van der Waals surface area (Å²) in [5, 5.41) is 3.22. The second-order valence-corrected chi connectivity index (χ2v) is 5.82.